The van der Waals surface area contributed by atoms with Crippen molar-refractivity contribution in [2.45, 2.75) is 23.6 Å². The zero-order valence-corrected chi connectivity index (χ0v) is 20.5. The molecule has 1 unspecified atom stereocenters. The van der Waals surface area contributed by atoms with Gasteiger partial charge in [0.1, 0.15) is 10.7 Å². The van der Waals surface area contributed by atoms with Crippen LogP contribution in [0.25, 0.3) is 0 Å². The monoisotopic (exact) mass is 550 g/mol. The number of hydrogen-bond acceptors (Lipinski definition) is 7. The lowest BCUT2D eigenvalue weighted by Gasteiger charge is -2.24. The number of alkyl halides is 3. The predicted molar refractivity (Wildman–Crippen MR) is 127 cm³/mol. The zero-order chi connectivity index (χ0) is 25.4. The van der Waals surface area contributed by atoms with Gasteiger partial charge in [-0.3, -0.25) is 4.72 Å². The maximum atomic E-state index is 14.9. The van der Waals surface area contributed by atoms with Gasteiger partial charge in [-0.15, -0.1) is 11.3 Å². The molecule has 1 aromatic heterocycles. The largest absolute Gasteiger partial charge is 0.416 e. The Balaban J connectivity index is 1.67. The molecule has 7 nitrogen and oxygen atoms in total. The lowest BCUT2D eigenvalue weighted by molar-refractivity contribution is -0.137. The first-order chi connectivity index (χ1) is 16.5. The summed E-state index contributed by atoms with van der Waals surface area (Å²) in [5.41, 5.74) is 1.03. The predicted octanol–water partition coefficient (Wildman–Crippen LogP) is 5.72. The Morgan fingerprint density at radius 2 is 2.00 bits per heavy atom. The first-order valence-corrected chi connectivity index (χ1v) is 12.9. The Morgan fingerprint density at radius 1 is 1.23 bits per heavy atom. The molecule has 0 radical (unpaired) electrons. The van der Waals surface area contributed by atoms with E-state index in [1.165, 1.54) is 24.1 Å². The molecule has 0 amide bonds. The van der Waals surface area contributed by atoms with Gasteiger partial charge in [0.05, 0.1) is 39.3 Å². The number of anilines is 4. The molecule has 0 saturated carbocycles. The van der Waals surface area contributed by atoms with E-state index in [4.69, 9.17) is 16.3 Å². The number of hydrogen-bond donors (Lipinski definition) is 2. The van der Waals surface area contributed by atoms with E-state index in [9.17, 15) is 26.0 Å². The van der Waals surface area contributed by atoms with Crippen LogP contribution in [0.15, 0.2) is 46.1 Å². The SMILES string of the molecule is COC1CCN(c2cc(C(F)(F)F)ccc2Nc2cc(F)c(S(=O)(=O)Nc3cscn3)cc2Cl)C1. The quantitative estimate of drug-likeness (QED) is 0.366. The van der Waals surface area contributed by atoms with Gasteiger partial charge in [-0.05, 0) is 30.7 Å². The molecule has 14 heteroatoms. The van der Waals surface area contributed by atoms with Gasteiger partial charge in [0, 0.05) is 31.6 Å². The second-order valence-corrected chi connectivity index (χ2v) is 10.5. The van der Waals surface area contributed by atoms with Crippen LogP contribution in [-0.4, -0.2) is 39.7 Å². The highest BCUT2D eigenvalue weighted by Crippen LogP contribution is 2.40. The molecule has 3 aromatic rings. The van der Waals surface area contributed by atoms with Gasteiger partial charge >= 0.3 is 6.18 Å². The summed E-state index contributed by atoms with van der Waals surface area (Å²) in [5.74, 6) is -1.07. The molecular formula is C21H19ClF4N4O3S2. The van der Waals surface area contributed by atoms with Crippen molar-refractivity contribution in [3.8, 4) is 0 Å². The minimum absolute atomic E-state index is 0.0136. The Morgan fingerprint density at radius 3 is 2.63 bits per heavy atom. The highest BCUT2D eigenvalue weighted by molar-refractivity contribution is 7.92. The Hall–Kier alpha value is -2.61. The third-order valence-corrected chi connectivity index (χ3v) is 7.66. The van der Waals surface area contributed by atoms with E-state index in [1.807, 2.05) is 0 Å². The van der Waals surface area contributed by atoms with Gasteiger partial charge in [-0.1, -0.05) is 11.6 Å². The number of ether oxygens (including phenoxy) is 1. The van der Waals surface area contributed by atoms with Crippen molar-refractivity contribution in [2.24, 2.45) is 0 Å². The van der Waals surface area contributed by atoms with Crippen LogP contribution in [0.2, 0.25) is 5.02 Å². The Labute approximate surface area is 207 Å². The summed E-state index contributed by atoms with van der Waals surface area (Å²) in [4.78, 5) is 4.83. The average Bonchev–Trinajstić information content (AvgIpc) is 3.47. The van der Waals surface area contributed by atoms with Crippen LogP contribution in [0.4, 0.5) is 40.4 Å². The summed E-state index contributed by atoms with van der Waals surface area (Å²) in [6, 6.07) is 4.93. The number of aromatic nitrogens is 1. The lowest BCUT2D eigenvalue weighted by atomic mass is 10.1. The van der Waals surface area contributed by atoms with E-state index in [0.29, 0.717) is 19.5 Å². The van der Waals surface area contributed by atoms with Crippen LogP contribution < -0.4 is 14.9 Å². The summed E-state index contributed by atoms with van der Waals surface area (Å²) in [6.07, 6.45) is -4.08. The van der Waals surface area contributed by atoms with Crippen LogP contribution in [0.5, 0.6) is 0 Å². The van der Waals surface area contributed by atoms with Crippen molar-refractivity contribution in [3.05, 3.63) is 57.6 Å². The number of benzene rings is 2. The number of halogens is 5. The van der Waals surface area contributed by atoms with Crippen LogP contribution in [0.1, 0.15) is 12.0 Å². The molecule has 4 rings (SSSR count). The molecule has 1 fully saturated rings. The molecule has 1 aliphatic heterocycles. The first kappa shape index (κ1) is 25.5. The summed E-state index contributed by atoms with van der Waals surface area (Å²) < 4.78 is 87.6. The molecule has 2 heterocycles. The molecule has 35 heavy (non-hydrogen) atoms. The van der Waals surface area contributed by atoms with Crippen molar-refractivity contribution in [1.29, 1.82) is 0 Å². The second kappa shape index (κ2) is 9.80. The fraction of sp³-hybridized carbons (Fsp3) is 0.286. The minimum atomic E-state index is -4.56. The van der Waals surface area contributed by atoms with E-state index in [2.05, 4.69) is 15.0 Å². The smallest absolute Gasteiger partial charge is 0.380 e. The van der Waals surface area contributed by atoms with Crippen LogP contribution >= 0.6 is 22.9 Å². The molecule has 2 N–H and O–H groups in total. The molecule has 1 saturated heterocycles. The molecule has 1 atom stereocenters. The van der Waals surface area contributed by atoms with Crippen molar-refractivity contribution < 1.29 is 30.7 Å². The summed E-state index contributed by atoms with van der Waals surface area (Å²) in [6.45, 7) is 0.824. The molecule has 0 spiro atoms. The van der Waals surface area contributed by atoms with E-state index in [1.54, 1.807) is 4.90 Å². The Bertz CT molecular complexity index is 1320. The highest BCUT2D eigenvalue weighted by Gasteiger charge is 2.33. The molecular weight excluding hydrogens is 532 g/mol. The van der Waals surface area contributed by atoms with Gasteiger partial charge < -0.3 is 15.0 Å². The van der Waals surface area contributed by atoms with Gasteiger partial charge in [0.2, 0.25) is 0 Å². The number of nitrogens with one attached hydrogen (secondary N) is 2. The number of thiazole rings is 1. The fourth-order valence-corrected chi connectivity index (χ4v) is 5.57. The third-order valence-electron chi connectivity index (χ3n) is 5.40. The third kappa shape index (κ3) is 5.63. The van der Waals surface area contributed by atoms with Gasteiger partial charge in [0.25, 0.3) is 10.0 Å². The topological polar surface area (TPSA) is 83.6 Å². The van der Waals surface area contributed by atoms with Crippen molar-refractivity contribution in [1.82, 2.24) is 4.98 Å². The van der Waals surface area contributed by atoms with Crippen molar-refractivity contribution in [2.75, 3.05) is 35.1 Å². The number of rotatable bonds is 7. The van der Waals surface area contributed by atoms with Crippen molar-refractivity contribution in [3.63, 3.8) is 0 Å². The average molecular weight is 551 g/mol. The van der Waals surface area contributed by atoms with Crippen LogP contribution in [0, 0.1) is 5.82 Å². The maximum absolute atomic E-state index is 14.9. The van der Waals surface area contributed by atoms with E-state index >= 15 is 0 Å². The zero-order valence-electron chi connectivity index (χ0n) is 18.1. The molecule has 188 valence electrons. The fourth-order valence-electron chi connectivity index (χ4n) is 3.65. The van der Waals surface area contributed by atoms with Crippen LogP contribution in [-0.2, 0) is 20.9 Å². The summed E-state index contributed by atoms with van der Waals surface area (Å²) >= 11 is 7.40. The van der Waals surface area contributed by atoms with Crippen LogP contribution in [0.3, 0.4) is 0 Å². The number of nitrogens with zero attached hydrogens (tertiary/aromatic N) is 2. The van der Waals surface area contributed by atoms with Crippen molar-refractivity contribution >= 4 is 55.8 Å². The normalized spacial score (nSPS) is 16.5. The highest BCUT2D eigenvalue weighted by atomic mass is 35.5. The van der Waals surface area contributed by atoms with Gasteiger partial charge in [0.15, 0.2) is 5.82 Å². The summed E-state index contributed by atoms with van der Waals surface area (Å²) in [7, 11) is -2.79. The minimum Gasteiger partial charge on any atom is -0.380 e. The van der Waals surface area contributed by atoms with E-state index < -0.39 is 32.5 Å². The molecule has 0 aliphatic carbocycles. The number of sulfonamides is 1. The molecule has 0 bridgehead atoms. The van der Waals surface area contributed by atoms with E-state index in [-0.39, 0.29) is 34.0 Å². The van der Waals surface area contributed by atoms with E-state index in [0.717, 1.165) is 35.6 Å². The van der Waals surface area contributed by atoms with Gasteiger partial charge in [-0.25, -0.2) is 17.8 Å². The first-order valence-electron chi connectivity index (χ1n) is 10.1. The lowest BCUT2D eigenvalue weighted by Crippen LogP contribution is -2.23. The Kier molecular flexibility index (Phi) is 7.13. The summed E-state index contributed by atoms with van der Waals surface area (Å²) in [5, 5.41) is 4.14. The van der Waals surface area contributed by atoms with Gasteiger partial charge in [-0.2, -0.15) is 13.2 Å². The molecule has 1 aliphatic rings. The maximum Gasteiger partial charge on any atom is 0.416 e. The number of methoxy groups -OCH3 is 1. The second-order valence-electron chi connectivity index (χ2n) is 7.69. The standard InChI is InChI=1S/C21H19ClF4N4O3S2/c1-33-13-4-5-30(9-13)18-6-12(21(24,25)26)2-3-16(18)28-17-8-15(23)19(7-14(17)22)35(31,32)29-20-10-34-11-27-20/h2-3,6-8,10-11,13,28-29H,4-5,9H2,1H3. The molecule has 2 aromatic carbocycles.